The Morgan fingerprint density at radius 1 is 1.21 bits per heavy atom. The number of benzene rings is 2. The maximum atomic E-state index is 13.3. The molecule has 2 aliphatic rings. The highest BCUT2D eigenvalue weighted by molar-refractivity contribution is 6.16. The van der Waals surface area contributed by atoms with Crippen molar-refractivity contribution in [2.75, 3.05) is 16.8 Å². The maximum Gasteiger partial charge on any atom is 0.268 e. The molecule has 0 aromatic heterocycles. The van der Waals surface area contributed by atoms with Gasteiger partial charge < -0.3 is 20.6 Å². The summed E-state index contributed by atoms with van der Waals surface area (Å²) in [4.78, 5) is 38.2. The van der Waals surface area contributed by atoms with Gasteiger partial charge in [-0.25, -0.2) is 4.39 Å². The number of nitrogens with zero attached hydrogens (tertiary/aromatic N) is 1. The van der Waals surface area contributed by atoms with E-state index in [0.717, 1.165) is 5.56 Å². The van der Waals surface area contributed by atoms with Crippen LogP contribution in [0.3, 0.4) is 0 Å². The van der Waals surface area contributed by atoms with E-state index in [1.54, 1.807) is 24.3 Å². The van der Waals surface area contributed by atoms with E-state index in [2.05, 4.69) is 10.6 Å². The first-order valence-corrected chi connectivity index (χ1v) is 9.37. The SMILES string of the molecule is O=C1CCc2cc(N3CC[C@](O)(C(=O)NCc4cccc(F)c4)C3=O)ccc2N1. The summed E-state index contributed by atoms with van der Waals surface area (Å²) in [5, 5.41) is 16.0. The highest BCUT2D eigenvalue weighted by Gasteiger charge is 2.51. The van der Waals surface area contributed by atoms with Crippen molar-refractivity contribution in [3.8, 4) is 0 Å². The molecule has 0 unspecified atom stereocenters. The molecule has 1 saturated heterocycles. The van der Waals surface area contributed by atoms with Crippen molar-refractivity contribution >= 4 is 29.1 Å². The minimum atomic E-state index is -2.17. The molecule has 4 rings (SSSR count). The lowest BCUT2D eigenvalue weighted by molar-refractivity contribution is -0.149. The number of carbonyl (C=O) groups excluding carboxylic acids is 3. The van der Waals surface area contributed by atoms with Crippen LogP contribution in [0.1, 0.15) is 24.0 Å². The summed E-state index contributed by atoms with van der Waals surface area (Å²) < 4.78 is 13.3. The van der Waals surface area contributed by atoms with Gasteiger partial charge in [-0.3, -0.25) is 14.4 Å². The van der Waals surface area contributed by atoms with Gasteiger partial charge in [-0.2, -0.15) is 0 Å². The zero-order valence-electron chi connectivity index (χ0n) is 15.6. The van der Waals surface area contributed by atoms with Crippen molar-refractivity contribution in [2.45, 2.75) is 31.4 Å². The molecule has 2 heterocycles. The molecular weight excluding hydrogens is 377 g/mol. The van der Waals surface area contributed by atoms with Crippen LogP contribution in [0.15, 0.2) is 42.5 Å². The van der Waals surface area contributed by atoms with Crippen LogP contribution in [0.25, 0.3) is 0 Å². The Morgan fingerprint density at radius 3 is 2.83 bits per heavy atom. The van der Waals surface area contributed by atoms with E-state index >= 15 is 0 Å². The van der Waals surface area contributed by atoms with Crippen LogP contribution in [0, 0.1) is 5.82 Å². The molecule has 0 bridgehead atoms. The smallest absolute Gasteiger partial charge is 0.268 e. The molecule has 3 amide bonds. The van der Waals surface area contributed by atoms with Crippen LogP contribution < -0.4 is 15.5 Å². The number of aryl methyl sites for hydroxylation is 1. The Kier molecular flexibility index (Phi) is 4.79. The summed E-state index contributed by atoms with van der Waals surface area (Å²) in [6.45, 7) is 0.193. The van der Waals surface area contributed by atoms with Gasteiger partial charge in [-0.15, -0.1) is 0 Å². The molecule has 3 N–H and O–H groups in total. The molecule has 7 nitrogen and oxygen atoms in total. The second kappa shape index (κ2) is 7.29. The molecule has 2 aliphatic heterocycles. The summed E-state index contributed by atoms with van der Waals surface area (Å²) in [5.74, 6) is -1.98. The molecule has 1 fully saturated rings. The van der Waals surface area contributed by atoms with Crippen molar-refractivity contribution < 1.29 is 23.9 Å². The van der Waals surface area contributed by atoms with Gasteiger partial charge in [0.15, 0.2) is 0 Å². The number of hydrogen-bond acceptors (Lipinski definition) is 4. The number of fused-ring (bicyclic) bond motifs is 1. The average Bonchev–Trinajstić information content (AvgIpc) is 3.02. The third kappa shape index (κ3) is 3.58. The Labute approximate surface area is 166 Å². The summed E-state index contributed by atoms with van der Waals surface area (Å²) in [6, 6.07) is 10.9. The van der Waals surface area contributed by atoms with Crippen LogP contribution in [-0.2, 0) is 27.3 Å². The second-order valence-corrected chi connectivity index (χ2v) is 7.27. The number of amides is 3. The normalized spacial score (nSPS) is 21.0. The predicted octanol–water partition coefficient (Wildman–Crippen LogP) is 1.49. The van der Waals surface area contributed by atoms with E-state index in [9.17, 15) is 23.9 Å². The van der Waals surface area contributed by atoms with Crippen LogP contribution in [0.5, 0.6) is 0 Å². The highest BCUT2D eigenvalue weighted by Crippen LogP contribution is 2.32. The molecular formula is C21H20FN3O4. The number of halogens is 1. The zero-order chi connectivity index (χ0) is 20.6. The largest absolute Gasteiger partial charge is 0.372 e. The number of hydrogen-bond donors (Lipinski definition) is 3. The summed E-state index contributed by atoms with van der Waals surface area (Å²) in [6.07, 6.45) is 0.890. The first-order chi connectivity index (χ1) is 13.9. The van der Waals surface area contributed by atoms with Gasteiger partial charge >= 0.3 is 0 Å². The second-order valence-electron chi connectivity index (χ2n) is 7.27. The molecule has 0 radical (unpaired) electrons. The first kappa shape index (κ1) is 19.1. The number of aliphatic hydroxyl groups is 1. The molecule has 0 spiro atoms. The zero-order valence-corrected chi connectivity index (χ0v) is 15.6. The number of anilines is 2. The van der Waals surface area contributed by atoms with Gasteiger partial charge in [0.1, 0.15) is 5.82 Å². The number of nitrogens with one attached hydrogen (secondary N) is 2. The predicted molar refractivity (Wildman–Crippen MR) is 104 cm³/mol. The highest BCUT2D eigenvalue weighted by atomic mass is 19.1. The van der Waals surface area contributed by atoms with Gasteiger partial charge in [0, 0.05) is 37.3 Å². The lowest BCUT2D eigenvalue weighted by Gasteiger charge is -2.23. The van der Waals surface area contributed by atoms with E-state index in [0.29, 0.717) is 29.8 Å². The molecule has 2 aromatic rings. The number of carbonyl (C=O) groups is 3. The Bertz CT molecular complexity index is 1010. The van der Waals surface area contributed by atoms with Crippen molar-refractivity contribution in [2.24, 2.45) is 0 Å². The molecule has 8 heteroatoms. The standard InChI is InChI=1S/C21H20FN3O4/c22-15-3-1-2-13(10-15)12-23-19(27)21(29)8-9-25(20(21)28)16-5-6-17-14(11-16)4-7-18(26)24-17/h1-3,5-6,10-11,29H,4,7-9,12H2,(H,23,27)(H,24,26)/t21-/m0/s1. The fraction of sp³-hybridized carbons (Fsp3) is 0.286. The van der Waals surface area contributed by atoms with Crippen LogP contribution in [-0.4, -0.2) is 35.0 Å². The fourth-order valence-corrected chi connectivity index (χ4v) is 3.68. The van der Waals surface area contributed by atoms with E-state index in [4.69, 9.17) is 0 Å². The summed E-state index contributed by atoms with van der Waals surface area (Å²) in [7, 11) is 0. The van der Waals surface area contributed by atoms with Crippen LogP contribution in [0.4, 0.5) is 15.8 Å². The molecule has 2 aromatic carbocycles. The third-order valence-electron chi connectivity index (χ3n) is 5.31. The molecule has 0 saturated carbocycles. The average molecular weight is 397 g/mol. The lowest BCUT2D eigenvalue weighted by Crippen LogP contribution is -2.52. The Balaban J connectivity index is 1.47. The molecule has 150 valence electrons. The van der Waals surface area contributed by atoms with E-state index in [-0.39, 0.29) is 25.4 Å². The monoisotopic (exact) mass is 397 g/mol. The summed E-state index contributed by atoms with van der Waals surface area (Å²) >= 11 is 0. The molecule has 0 aliphatic carbocycles. The van der Waals surface area contributed by atoms with E-state index < -0.39 is 23.2 Å². The quantitative estimate of drug-likeness (QED) is 0.681. The van der Waals surface area contributed by atoms with Gasteiger partial charge in [-0.1, -0.05) is 12.1 Å². The topological polar surface area (TPSA) is 98.7 Å². The lowest BCUT2D eigenvalue weighted by atomic mass is 10.0. The van der Waals surface area contributed by atoms with Crippen molar-refractivity contribution in [3.63, 3.8) is 0 Å². The third-order valence-corrected chi connectivity index (χ3v) is 5.31. The minimum Gasteiger partial charge on any atom is -0.372 e. The van der Waals surface area contributed by atoms with Crippen molar-refractivity contribution in [3.05, 3.63) is 59.4 Å². The minimum absolute atomic E-state index is 0.00469. The van der Waals surface area contributed by atoms with Crippen LogP contribution >= 0.6 is 0 Å². The van der Waals surface area contributed by atoms with Gasteiger partial charge in [0.05, 0.1) is 0 Å². The Morgan fingerprint density at radius 2 is 2.03 bits per heavy atom. The van der Waals surface area contributed by atoms with Crippen molar-refractivity contribution in [1.29, 1.82) is 0 Å². The van der Waals surface area contributed by atoms with E-state index in [1.807, 2.05) is 0 Å². The number of rotatable bonds is 4. The van der Waals surface area contributed by atoms with Gasteiger partial charge in [-0.05, 0) is 47.9 Å². The maximum absolute atomic E-state index is 13.3. The van der Waals surface area contributed by atoms with Crippen molar-refractivity contribution in [1.82, 2.24) is 5.32 Å². The Hall–Kier alpha value is -3.26. The van der Waals surface area contributed by atoms with Crippen LogP contribution in [0.2, 0.25) is 0 Å². The van der Waals surface area contributed by atoms with Gasteiger partial charge in [0.2, 0.25) is 11.5 Å². The van der Waals surface area contributed by atoms with Gasteiger partial charge in [0.25, 0.3) is 11.8 Å². The molecule has 1 atom stereocenters. The fourth-order valence-electron chi connectivity index (χ4n) is 3.68. The van der Waals surface area contributed by atoms with E-state index in [1.165, 1.54) is 23.1 Å². The molecule has 29 heavy (non-hydrogen) atoms. The first-order valence-electron chi connectivity index (χ1n) is 9.37. The summed E-state index contributed by atoms with van der Waals surface area (Å²) in [5.41, 5.74) is 0.539.